The van der Waals surface area contributed by atoms with Crippen molar-refractivity contribution in [1.29, 1.82) is 0 Å². The summed E-state index contributed by atoms with van der Waals surface area (Å²) in [7, 11) is -1.69. The number of benzene rings is 2. The quantitative estimate of drug-likeness (QED) is 0.562. The van der Waals surface area contributed by atoms with Crippen LogP contribution in [-0.2, 0) is 17.1 Å². The average Bonchev–Trinajstić information content (AvgIpc) is 3.03. The molecule has 0 radical (unpaired) electrons. The first-order valence-electron chi connectivity index (χ1n) is 10.1. The lowest BCUT2D eigenvalue weighted by atomic mass is 10.0. The van der Waals surface area contributed by atoms with Crippen molar-refractivity contribution in [3.05, 3.63) is 57.3 Å². The molecule has 2 heterocycles. The minimum absolute atomic E-state index is 0.204. The van der Waals surface area contributed by atoms with Gasteiger partial charge in [-0.05, 0) is 67.6 Å². The number of hydrogen-bond acceptors (Lipinski definition) is 4. The van der Waals surface area contributed by atoms with Crippen molar-refractivity contribution in [3.8, 4) is 0 Å². The van der Waals surface area contributed by atoms with E-state index in [1.807, 2.05) is 30.7 Å². The third-order valence-electron chi connectivity index (χ3n) is 5.61. The molecule has 2 aromatic carbocycles. The zero-order valence-electron chi connectivity index (χ0n) is 17.6. The van der Waals surface area contributed by atoms with E-state index < -0.39 is 15.9 Å². The maximum Gasteiger partial charge on any atom is 0.279 e. The van der Waals surface area contributed by atoms with Gasteiger partial charge in [-0.3, -0.25) is 4.79 Å². The van der Waals surface area contributed by atoms with E-state index in [0.717, 1.165) is 28.6 Å². The fraction of sp³-hybridized carbons (Fsp3) is 0.364. The van der Waals surface area contributed by atoms with Gasteiger partial charge < -0.3 is 4.57 Å². The first kappa shape index (κ1) is 22.2. The maximum atomic E-state index is 12.9. The summed E-state index contributed by atoms with van der Waals surface area (Å²) in [5.41, 5.74) is 2.34. The van der Waals surface area contributed by atoms with Gasteiger partial charge in [-0.15, -0.1) is 0 Å². The smallest absolute Gasteiger partial charge is 0.279 e. The maximum absolute atomic E-state index is 12.9. The van der Waals surface area contributed by atoms with E-state index in [9.17, 15) is 13.2 Å². The van der Waals surface area contributed by atoms with Crippen molar-refractivity contribution in [1.82, 2.24) is 8.87 Å². The van der Waals surface area contributed by atoms with Crippen LogP contribution in [0.5, 0.6) is 0 Å². The van der Waals surface area contributed by atoms with Gasteiger partial charge in [0.25, 0.3) is 5.91 Å². The number of nitrogens with zero attached hydrogens (tertiary/aromatic N) is 3. The van der Waals surface area contributed by atoms with Gasteiger partial charge in [-0.2, -0.15) is 9.30 Å². The Labute approximate surface area is 190 Å². The number of carbonyl (C=O) groups is 1. The summed E-state index contributed by atoms with van der Waals surface area (Å²) < 4.78 is 30.2. The predicted molar refractivity (Wildman–Crippen MR) is 124 cm³/mol. The number of hydrogen-bond donors (Lipinski definition) is 0. The van der Waals surface area contributed by atoms with Crippen LogP contribution in [0.3, 0.4) is 0 Å². The lowest BCUT2D eigenvalue weighted by Crippen LogP contribution is -2.39. The van der Waals surface area contributed by atoms with Crippen molar-refractivity contribution >= 4 is 49.1 Å². The van der Waals surface area contributed by atoms with Crippen LogP contribution in [0.2, 0.25) is 5.02 Å². The van der Waals surface area contributed by atoms with E-state index in [0.29, 0.717) is 34.4 Å². The number of fused-ring (bicyclic) bond motifs is 1. The summed E-state index contributed by atoms with van der Waals surface area (Å²) in [5, 5.41) is 0.643. The molecule has 0 bridgehead atoms. The van der Waals surface area contributed by atoms with E-state index in [4.69, 9.17) is 11.6 Å². The van der Waals surface area contributed by atoms with Crippen LogP contribution >= 0.6 is 22.9 Å². The molecule has 1 aromatic heterocycles. The highest BCUT2D eigenvalue weighted by Gasteiger charge is 2.28. The zero-order chi connectivity index (χ0) is 22.3. The molecule has 0 saturated carbocycles. The van der Waals surface area contributed by atoms with Crippen LogP contribution in [0.25, 0.3) is 10.2 Å². The summed E-state index contributed by atoms with van der Waals surface area (Å²) >= 11 is 7.54. The topological polar surface area (TPSA) is 71.7 Å². The van der Waals surface area contributed by atoms with Gasteiger partial charge in [-0.25, -0.2) is 8.42 Å². The molecule has 1 amide bonds. The second-order valence-corrected chi connectivity index (χ2v) is 11.4. The molecular formula is C22H24ClN3O3S2. The Hall–Kier alpha value is -2.00. The van der Waals surface area contributed by atoms with Crippen molar-refractivity contribution in [2.24, 2.45) is 18.0 Å². The van der Waals surface area contributed by atoms with Crippen molar-refractivity contribution in [2.45, 2.75) is 31.6 Å². The number of piperidine rings is 1. The minimum atomic E-state index is -3.55. The second kappa shape index (κ2) is 8.50. The standard InChI is InChI=1S/C22H24ClN3O3S2/c1-14-5-4-10-26(13-14)31(28,29)18-8-6-16(7-9-18)21(27)24-22-25(3)20-15(2)11-17(23)12-19(20)30-22/h6-9,11-12,14H,4-5,10,13H2,1-3H3. The number of amides is 1. The molecule has 1 aliphatic heterocycles. The van der Waals surface area contributed by atoms with Gasteiger partial charge in [-0.1, -0.05) is 29.9 Å². The van der Waals surface area contributed by atoms with Crippen LogP contribution in [0, 0.1) is 12.8 Å². The van der Waals surface area contributed by atoms with Gasteiger partial charge in [0.2, 0.25) is 10.0 Å². The molecule has 0 N–H and O–H groups in total. The molecule has 0 spiro atoms. The highest BCUT2D eigenvalue weighted by Crippen LogP contribution is 2.26. The molecule has 0 aliphatic carbocycles. The number of sulfonamides is 1. The Morgan fingerprint density at radius 3 is 2.61 bits per heavy atom. The first-order chi connectivity index (χ1) is 14.7. The number of halogens is 1. The van der Waals surface area contributed by atoms with Gasteiger partial charge >= 0.3 is 0 Å². The number of aromatic nitrogens is 1. The molecular weight excluding hydrogens is 454 g/mol. The normalized spacial score (nSPS) is 18.6. The molecule has 164 valence electrons. The minimum Gasteiger partial charge on any atom is -0.319 e. The summed E-state index contributed by atoms with van der Waals surface area (Å²) in [6.07, 6.45) is 1.91. The van der Waals surface area contributed by atoms with E-state index in [2.05, 4.69) is 11.9 Å². The molecule has 1 saturated heterocycles. The molecule has 1 atom stereocenters. The van der Waals surface area contributed by atoms with E-state index in [-0.39, 0.29) is 4.90 Å². The summed E-state index contributed by atoms with van der Waals surface area (Å²) in [6.45, 7) is 5.10. The lowest BCUT2D eigenvalue weighted by molar-refractivity contribution is 0.0998. The Kier molecular flexibility index (Phi) is 6.09. The molecule has 6 nitrogen and oxygen atoms in total. The fourth-order valence-corrected chi connectivity index (χ4v) is 7.08. The number of thiazole rings is 1. The second-order valence-electron chi connectivity index (χ2n) is 8.06. The monoisotopic (exact) mass is 477 g/mol. The average molecular weight is 478 g/mol. The van der Waals surface area contributed by atoms with Gasteiger partial charge in [0.05, 0.1) is 15.1 Å². The van der Waals surface area contributed by atoms with E-state index in [1.165, 1.54) is 39.9 Å². The summed E-state index contributed by atoms with van der Waals surface area (Å²) in [4.78, 5) is 17.8. The molecule has 1 aliphatic rings. The van der Waals surface area contributed by atoms with Gasteiger partial charge in [0, 0.05) is 30.7 Å². The molecule has 1 unspecified atom stereocenters. The third kappa shape index (κ3) is 4.35. The molecule has 1 fully saturated rings. The van der Waals surface area contributed by atoms with Crippen LogP contribution in [-0.4, -0.2) is 36.3 Å². The number of aryl methyl sites for hydroxylation is 2. The van der Waals surface area contributed by atoms with Crippen LogP contribution in [0.15, 0.2) is 46.3 Å². The Morgan fingerprint density at radius 1 is 1.23 bits per heavy atom. The van der Waals surface area contributed by atoms with Crippen LogP contribution < -0.4 is 4.80 Å². The lowest BCUT2D eigenvalue weighted by Gasteiger charge is -2.30. The van der Waals surface area contributed by atoms with E-state index >= 15 is 0 Å². The van der Waals surface area contributed by atoms with Gasteiger partial charge in [0.15, 0.2) is 4.80 Å². The highest BCUT2D eigenvalue weighted by molar-refractivity contribution is 7.89. The summed E-state index contributed by atoms with van der Waals surface area (Å²) in [5.74, 6) is -0.0646. The largest absolute Gasteiger partial charge is 0.319 e. The van der Waals surface area contributed by atoms with E-state index in [1.54, 1.807) is 0 Å². The molecule has 4 rings (SSSR count). The SMILES string of the molecule is Cc1cc(Cl)cc2sc(=NC(=O)c3ccc(S(=O)(=O)N4CCCC(C)C4)cc3)n(C)c12. The first-order valence-corrected chi connectivity index (χ1v) is 12.7. The Bertz CT molecular complexity index is 1320. The van der Waals surface area contributed by atoms with Crippen LogP contribution in [0.4, 0.5) is 0 Å². The fourth-order valence-electron chi connectivity index (χ4n) is 4.01. The third-order valence-corrected chi connectivity index (χ3v) is 8.79. The summed E-state index contributed by atoms with van der Waals surface area (Å²) in [6, 6.07) is 9.78. The van der Waals surface area contributed by atoms with Gasteiger partial charge in [0.1, 0.15) is 0 Å². The number of rotatable bonds is 3. The Morgan fingerprint density at radius 2 is 1.94 bits per heavy atom. The van der Waals surface area contributed by atoms with Crippen molar-refractivity contribution in [2.75, 3.05) is 13.1 Å². The van der Waals surface area contributed by atoms with Crippen molar-refractivity contribution in [3.63, 3.8) is 0 Å². The Balaban J connectivity index is 1.63. The van der Waals surface area contributed by atoms with Crippen LogP contribution in [0.1, 0.15) is 35.7 Å². The zero-order valence-corrected chi connectivity index (χ0v) is 20.0. The van der Waals surface area contributed by atoms with Crippen molar-refractivity contribution < 1.29 is 13.2 Å². The molecule has 31 heavy (non-hydrogen) atoms. The molecule has 9 heteroatoms. The number of carbonyl (C=O) groups excluding carboxylic acids is 1. The predicted octanol–water partition coefficient (Wildman–Crippen LogP) is 4.36. The highest BCUT2D eigenvalue weighted by atomic mass is 35.5. The molecule has 3 aromatic rings.